The van der Waals surface area contributed by atoms with Crippen LogP contribution < -0.4 is 11.1 Å². The maximum absolute atomic E-state index is 13.6. The van der Waals surface area contributed by atoms with E-state index in [9.17, 15) is 9.18 Å². The van der Waals surface area contributed by atoms with Gasteiger partial charge in [-0.05, 0) is 36.4 Å². The van der Waals surface area contributed by atoms with Gasteiger partial charge in [-0.1, -0.05) is 23.2 Å². The zero-order valence-corrected chi connectivity index (χ0v) is 11.1. The molecular formula is C13H9Cl2FN2O. The van der Waals surface area contributed by atoms with Gasteiger partial charge in [-0.15, -0.1) is 0 Å². The third-order valence-electron chi connectivity index (χ3n) is 2.36. The van der Waals surface area contributed by atoms with Crippen molar-refractivity contribution >= 4 is 40.5 Å². The number of carbonyl (C=O) groups excluding carboxylic acids is 1. The van der Waals surface area contributed by atoms with Gasteiger partial charge in [0.05, 0.1) is 5.56 Å². The van der Waals surface area contributed by atoms with Crippen LogP contribution in [0.5, 0.6) is 0 Å². The van der Waals surface area contributed by atoms with Gasteiger partial charge in [-0.3, -0.25) is 4.79 Å². The average Bonchev–Trinajstić information content (AvgIpc) is 2.26. The number of rotatable bonds is 2. The molecule has 0 aromatic heterocycles. The van der Waals surface area contributed by atoms with Crippen LogP contribution >= 0.6 is 23.2 Å². The standard InChI is InChI=1S/C13H9Cl2FN2O/c14-7-3-8(15)5-10(4-7)18-13(19)11-2-1-9(17)6-12(11)16/h1-6H,17H2,(H,18,19). The summed E-state index contributed by atoms with van der Waals surface area (Å²) in [7, 11) is 0. The second-order valence-electron chi connectivity index (χ2n) is 3.85. The molecule has 0 atom stereocenters. The van der Waals surface area contributed by atoms with Gasteiger partial charge < -0.3 is 11.1 Å². The van der Waals surface area contributed by atoms with Crippen molar-refractivity contribution in [2.24, 2.45) is 0 Å². The Balaban J connectivity index is 2.25. The molecule has 2 rings (SSSR count). The van der Waals surface area contributed by atoms with E-state index in [1.807, 2.05) is 0 Å². The average molecular weight is 299 g/mol. The Morgan fingerprint density at radius 2 is 1.74 bits per heavy atom. The number of anilines is 2. The van der Waals surface area contributed by atoms with Crippen LogP contribution in [-0.2, 0) is 0 Å². The molecule has 0 aliphatic heterocycles. The zero-order valence-electron chi connectivity index (χ0n) is 9.58. The first-order valence-electron chi connectivity index (χ1n) is 5.28. The molecule has 0 radical (unpaired) electrons. The third-order valence-corrected chi connectivity index (χ3v) is 2.79. The minimum atomic E-state index is -0.689. The zero-order chi connectivity index (χ0) is 14.0. The molecule has 3 nitrogen and oxygen atoms in total. The number of nitrogen functional groups attached to an aromatic ring is 1. The van der Waals surface area contributed by atoms with Crippen LogP contribution in [0.2, 0.25) is 10.0 Å². The highest BCUT2D eigenvalue weighted by Gasteiger charge is 2.12. The topological polar surface area (TPSA) is 55.1 Å². The number of hydrogen-bond donors (Lipinski definition) is 2. The quantitative estimate of drug-likeness (QED) is 0.824. The first kappa shape index (κ1) is 13.6. The molecule has 0 saturated carbocycles. The summed E-state index contributed by atoms with van der Waals surface area (Å²) in [4.78, 5) is 11.9. The predicted molar refractivity (Wildman–Crippen MR) is 75.2 cm³/mol. The summed E-state index contributed by atoms with van der Waals surface area (Å²) in [5.41, 5.74) is 5.94. The van der Waals surface area contributed by atoms with E-state index in [0.29, 0.717) is 15.7 Å². The molecule has 0 fully saturated rings. The minimum absolute atomic E-state index is 0.106. The smallest absolute Gasteiger partial charge is 0.258 e. The SMILES string of the molecule is Nc1ccc(C(=O)Nc2cc(Cl)cc(Cl)c2)c(F)c1. The van der Waals surface area contributed by atoms with Crippen molar-refractivity contribution in [2.75, 3.05) is 11.1 Å². The van der Waals surface area contributed by atoms with Crippen LogP contribution in [0.3, 0.4) is 0 Å². The molecule has 0 heterocycles. The van der Waals surface area contributed by atoms with E-state index in [1.165, 1.54) is 30.3 Å². The Bertz CT molecular complexity index is 626. The molecule has 98 valence electrons. The molecular weight excluding hydrogens is 290 g/mol. The van der Waals surface area contributed by atoms with Gasteiger partial charge in [0.2, 0.25) is 0 Å². The molecule has 3 N–H and O–H groups in total. The van der Waals surface area contributed by atoms with Crippen LogP contribution in [0.1, 0.15) is 10.4 Å². The molecule has 0 spiro atoms. The van der Waals surface area contributed by atoms with Crippen molar-refractivity contribution in [1.82, 2.24) is 0 Å². The summed E-state index contributed by atoms with van der Waals surface area (Å²) >= 11 is 11.6. The van der Waals surface area contributed by atoms with Gasteiger partial charge in [0, 0.05) is 21.4 Å². The van der Waals surface area contributed by atoms with Crippen molar-refractivity contribution in [3.05, 3.63) is 57.8 Å². The van der Waals surface area contributed by atoms with Crippen LogP contribution in [-0.4, -0.2) is 5.91 Å². The van der Waals surface area contributed by atoms with Crippen LogP contribution in [0.4, 0.5) is 15.8 Å². The molecule has 0 aliphatic carbocycles. The van der Waals surface area contributed by atoms with Crippen LogP contribution in [0.25, 0.3) is 0 Å². The molecule has 1 amide bonds. The van der Waals surface area contributed by atoms with E-state index in [1.54, 1.807) is 0 Å². The molecule has 0 unspecified atom stereocenters. The Morgan fingerprint density at radius 3 is 2.32 bits per heavy atom. The van der Waals surface area contributed by atoms with Crippen molar-refractivity contribution in [3.63, 3.8) is 0 Å². The molecule has 2 aromatic carbocycles. The molecule has 0 bridgehead atoms. The molecule has 2 aromatic rings. The predicted octanol–water partition coefficient (Wildman–Crippen LogP) is 3.97. The summed E-state index contributed by atoms with van der Waals surface area (Å²) < 4.78 is 13.6. The molecule has 19 heavy (non-hydrogen) atoms. The lowest BCUT2D eigenvalue weighted by Gasteiger charge is -2.07. The van der Waals surface area contributed by atoms with Crippen molar-refractivity contribution < 1.29 is 9.18 Å². The van der Waals surface area contributed by atoms with E-state index in [2.05, 4.69) is 5.32 Å². The largest absolute Gasteiger partial charge is 0.399 e. The lowest BCUT2D eigenvalue weighted by atomic mass is 10.1. The summed E-state index contributed by atoms with van der Waals surface area (Å²) in [5.74, 6) is -1.29. The second kappa shape index (κ2) is 5.47. The van der Waals surface area contributed by atoms with Crippen molar-refractivity contribution in [3.8, 4) is 0 Å². The monoisotopic (exact) mass is 298 g/mol. The highest BCUT2D eigenvalue weighted by atomic mass is 35.5. The lowest BCUT2D eigenvalue weighted by molar-refractivity contribution is 0.102. The Kier molecular flexibility index (Phi) is 3.93. The maximum atomic E-state index is 13.6. The third kappa shape index (κ3) is 3.36. The van der Waals surface area contributed by atoms with E-state index >= 15 is 0 Å². The highest BCUT2D eigenvalue weighted by molar-refractivity contribution is 6.35. The highest BCUT2D eigenvalue weighted by Crippen LogP contribution is 2.23. The minimum Gasteiger partial charge on any atom is -0.399 e. The fraction of sp³-hybridized carbons (Fsp3) is 0. The maximum Gasteiger partial charge on any atom is 0.258 e. The summed E-state index contributed by atoms with van der Waals surface area (Å²) in [5, 5.41) is 3.26. The number of amides is 1. The number of nitrogens with two attached hydrogens (primary N) is 1. The molecule has 0 saturated heterocycles. The van der Waals surface area contributed by atoms with Crippen molar-refractivity contribution in [1.29, 1.82) is 0 Å². The van der Waals surface area contributed by atoms with Gasteiger partial charge in [0.1, 0.15) is 5.82 Å². The number of halogens is 3. The summed E-state index contributed by atoms with van der Waals surface area (Å²) in [6, 6.07) is 8.40. The second-order valence-corrected chi connectivity index (χ2v) is 4.72. The van der Waals surface area contributed by atoms with E-state index in [-0.39, 0.29) is 11.3 Å². The van der Waals surface area contributed by atoms with Gasteiger partial charge in [-0.2, -0.15) is 0 Å². The van der Waals surface area contributed by atoms with E-state index in [4.69, 9.17) is 28.9 Å². The first-order valence-corrected chi connectivity index (χ1v) is 6.04. The number of nitrogens with one attached hydrogen (secondary N) is 1. The fourth-order valence-corrected chi connectivity index (χ4v) is 2.07. The van der Waals surface area contributed by atoms with Gasteiger partial charge >= 0.3 is 0 Å². The summed E-state index contributed by atoms with van der Waals surface area (Å²) in [6.07, 6.45) is 0. The van der Waals surface area contributed by atoms with Gasteiger partial charge in [0.15, 0.2) is 0 Å². The summed E-state index contributed by atoms with van der Waals surface area (Å²) in [6.45, 7) is 0. The van der Waals surface area contributed by atoms with Crippen molar-refractivity contribution in [2.45, 2.75) is 0 Å². The fourth-order valence-electron chi connectivity index (χ4n) is 1.54. The number of hydrogen-bond acceptors (Lipinski definition) is 2. The molecule has 6 heteroatoms. The Labute approximate surface area is 119 Å². The molecule has 0 aliphatic rings. The van der Waals surface area contributed by atoms with E-state index in [0.717, 1.165) is 6.07 Å². The number of benzene rings is 2. The van der Waals surface area contributed by atoms with Gasteiger partial charge in [-0.25, -0.2) is 4.39 Å². The van der Waals surface area contributed by atoms with Crippen LogP contribution in [0.15, 0.2) is 36.4 Å². The van der Waals surface area contributed by atoms with E-state index < -0.39 is 11.7 Å². The van der Waals surface area contributed by atoms with Crippen LogP contribution in [0, 0.1) is 5.82 Å². The Morgan fingerprint density at radius 1 is 1.11 bits per heavy atom. The van der Waals surface area contributed by atoms with Gasteiger partial charge in [0.25, 0.3) is 5.91 Å². The Hall–Kier alpha value is -1.78. The lowest BCUT2D eigenvalue weighted by Crippen LogP contribution is -2.14. The normalized spacial score (nSPS) is 10.3. The first-order chi connectivity index (χ1) is 8.95. The number of carbonyl (C=O) groups is 1.